The molecule has 5 heteroatoms. The van der Waals surface area contributed by atoms with Gasteiger partial charge in [-0.3, -0.25) is 0 Å². The molecule has 12 rings (SSSR count). The number of para-hydroxylation sites is 2. The molecule has 0 saturated carbocycles. The van der Waals surface area contributed by atoms with Crippen LogP contribution in [0.4, 0.5) is 0 Å². The third-order valence-electron chi connectivity index (χ3n) is 11.0. The van der Waals surface area contributed by atoms with E-state index in [1.54, 1.807) is 4.57 Å². The summed E-state index contributed by atoms with van der Waals surface area (Å²) in [6.45, 7) is 0. The normalized spacial score (nSPS) is 13.2. The van der Waals surface area contributed by atoms with Gasteiger partial charge in [-0.05, 0) is 69.5 Å². The summed E-state index contributed by atoms with van der Waals surface area (Å²) in [5.74, 6) is 1.56. The highest BCUT2D eigenvalue weighted by Crippen LogP contribution is 2.42. The van der Waals surface area contributed by atoms with Gasteiger partial charge in [0, 0.05) is 49.5 Å². The fraction of sp³-hybridized carbons (Fsp3) is 0. The quantitative estimate of drug-likeness (QED) is 0.165. The molecule has 0 aliphatic heterocycles. The lowest BCUT2D eigenvalue weighted by atomic mass is 9.95. The smallest absolute Gasteiger partial charge is 0.164 e. The topological polar surface area (TPSA) is 56.7 Å². The predicted molar refractivity (Wildman–Crippen MR) is 238 cm³/mol. The van der Waals surface area contributed by atoms with Crippen LogP contribution in [0, 0.1) is 0 Å². The Morgan fingerprint density at radius 1 is 0.414 bits per heavy atom. The maximum atomic E-state index is 9.18. The van der Waals surface area contributed by atoms with Crippen LogP contribution in [0.3, 0.4) is 0 Å². The zero-order valence-corrected chi connectivity index (χ0v) is 30.7. The van der Waals surface area contributed by atoms with Gasteiger partial charge in [-0.15, -0.1) is 0 Å². The number of rotatable bonds is 5. The van der Waals surface area contributed by atoms with Crippen molar-refractivity contribution in [1.82, 2.24) is 19.5 Å². The Morgan fingerprint density at radius 3 is 1.69 bits per heavy atom. The molecule has 0 atom stereocenters. The van der Waals surface area contributed by atoms with E-state index in [0.29, 0.717) is 34.3 Å². The first-order valence-corrected chi connectivity index (χ1v) is 19.0. The summed E-state index contributed by atoms with van der Waals surface area (Å²) in [6.07, 6.45) is 0. The van der Waals surface area contributed by atoms with Crippen LogP contribution in [0.2, 0.25) is 0 Å². The minimum absolute atomic E-state index is 0.0276. The number of benzene rings is 9. The van der Waals surface area contributed by atoms with Crippen LogP contribution < -0.4 is 0 Å². The Bertz CT molecular complexity index is 3790. The Balaban J connectivity index is 1.15. The van der Waals surface area contributed by atoms with Crippen LogP contribution >= 0.6 is 0 Å². The molecule has 0 fully saturated rings. The maximum absolute atomic E-state index is 9.18. The number of furan rings is 1. The van der Waals surface area contributed by atoms with Crippen LogP contribution in [0.5, 0.6) is 0 Å². The fourth-order valence-electron chi connectivity index (χ4n) is 8.23. The van der Waals surface area contributed by atoms with E-state index in [4.69, 9.17) is 24.9 Å². The van der Waals surface area contributed by atoms with Gasteiger partial charge in [-0.2, -0.15) is 0 Å². The van der Waals surface area contributed by atoms with Crippen molar-refractivity contribution >= 4 is 65.3 Å². The predicted octanol–water partition coefficient (Wildman–Crippen LogP) is 13.8. The molecule has 0 aliphatic rings. The van der Waals surface area contributed by atoms with Crippen molar-refractivity contribution in [3.05, 3.63) is 194 Å². The van der Waals surface area contributed by atoms with Crippen LogP contribution in [0.15, 0.2) is 198 Å². The van der Waals surface area contributed by atoms with Crippen LogP contribution in [0.1, 0.15) is 8.22 Å². The second-order valence-corrected chi connectivity index (χ2v) is 14.3. The van der Waals surface area contributed by atoms with Gasteiger partial charge >= 0.3 is 0 Å². The zero-order valence-electron chi connectivity index (χ0n) is 36.7. The summed E-state index contributed by atoms with van der Waals surface area (Å²) in [6, 6.07) is 50.2. The van der Waals surface area contributed by atoms with Gasteiger partial charge in [0.1, 0.15) is 11.2 Å². The second-order valence-electron chi connectivity index (χ2n) is 14.3. The number of hydrogen-bond donors (Lipinski definition) is 0. The Hall–Kier alpha value is -7.89. The Kier molecular flexibility index (Phi) is 5.94. The minimum Gasteiger partial charge on any atom is -0.455 e. The van der Waals surface area contributed by atoms with Crippen molar-refractivity contribution < 1.29 is 12.6 Å². The van der Waals surface area contributed by atoms with Crippen molar-refractivity contribution in [3.63, 3.8) is 0 Å². The van der Waals surface area contributed by atoms with Gasteiger partial charge in [-0.1, -0.05) is 152 Å². The van der Waals surface area contributed by atoms with Gasteiger partial charge < -0.3 is 8.98 Å². The summed E-state index contributed by atoms with van der Waals surface area (Å²) in [5.41, 5.74) is 6.40. The number of nitrogens with zero attached hydrogens (tertiary/aromatic N) is 4. The molecule has 0 saturated heterocycles. The molecule has 270 valence electrons. The van der Waals surface area contributed by atoms with Crippen molar-refractivity contribution in [2.75, 3.05) is 0 Å². The first kappa shape index (κ1) is 26.8. The van der Waals surface area contributed by atoms with Gasteiger partial charge in [0.15, 0.2) is 17.5 Å². The van der Waals surface area contributed by atoms with E-state index in [0.717, 1.165) is 60.1 Å². The molecule has 12 aromatic rings. The molecule has 9 aromatic carbocycles. The molecule has 5 nitrogen and oxygen atoms in total. The van der Waals surface area contributed by atoms with E-state index >= 15 is 0 Å². The summed E-state index contributed by atoms with van der Waals surface area (Å²) in [5, 5.41) is 6.32. The van der Waals surface area contributed by atoms with Gasteiger partial charge in [-0.25, -0.2) is 15.0 Å². The lowest BCUT2D eigenvalue weighted by Gasteiger charge is -2.13. The minimum atomic E-state index is -0.168. The van der Waals surface area contributed by atoms with E-state index < -0.39 is 0 Å². The average Bonchev–Trinajstić information content (AvgIpc) is 3.90. The highest BCUT2D eigenvalue weighted by atomic mass is 16.3. The van der Waals surface area contributed by atoms with Crippen molar-refractivity contribution in [2.45, 2.75) is 0 Å². The molecule has 0 amide bonds. The molecular weight excluding hydrogens is 709 g/mol. The number of hydrogen-bond acceptors (Lipinski definition) is 4. The average molecular weight is 747 g/mol. The zero-order chi connectivity index (χ0) is 43.4. The maximum Gasteiger partial charge on any atom is 0.164 e. The first-order valence-electron chi connectivity index (χ1n) is 22.0. The standard InChI is InChI=1S/C53H32N4O/c1-3-14-35(15-4-1)51-54-52(36-16-5-2-6-17-36)56-53(55-51)38-27-28-43-46-32-39(57-47-21-11-9-19-41(47)42-20-10-12-22-48(42)57)31-45(50(46)58-49(43)30-38)37-26-25-34-24-23-33-13-7-8-18-40(33)44(34)29-37/h1-32H/i9D,10D,19D,20D,21D,22D. The molecule has 3 aromatic heterocycles. The van der Waals surface area contributed by atoms with E-state index in [1.807, 2.05) is 103 Å². The molecule has 3 heterocycles. The molecule has 0 bridgehead atoms. The highest BCUT2D eigenvalue weighted by molar-refractivity contribution is 6.15. The second kappa shape index (κ2) is 12.8. The van der Waals surface area contributed by atoms with Crippen molar-refractivity contribution in [1.29, 1.82) is 0 Å². The van der Waals surface area contributed by atoms with E-state index in [-0.39, 0.29) is 58.1 Å². The molecule has 0 aliphatic carbocycles. The van der Waals surface area contributed by atoms with Crippen molar-refractivity contribution in [2.24, 2.45) is 0 Å². The Morgan fingerprint density at radius 2 is 1.00 bits per heavy atom. The van der Waals surface area contributed by atoms with E-state index in [9.17, 15) is 2.74 Å². The van der Waals surface area contributed by atoms with E-state index in [1.165, 1.54) is 12.1 Å². The molecular formula is C53H32N4O. The van der Waals surface area contributed by atoms with Crippen molar-refractivity contribution in [3.8, 4) is 51.0 Å². The molecule has 0 N–H and O–H groups in total. The number of aromatic nitrogens is 4. The van der Waals surface area contributed by atoms with Crippen LogP contribution in [-0.4, -0.2) is 19.5 Å². The SMILES string of the molecule is [2H]c1cc([2H])c2c(c1[2H])c1c([2H])c([2H])cc([2H])c1n2-c1cc(-c2ccc3ccc4ccccc4c3c2)c2oc3cc(-c4nc(-c5ccccc5)nc(-c5ccccc5)n4)ccc3c2c1. The van der Waals surface area contributed by atoms with Crippen LogP contribution in [-0.2, 0) is 0 Å². The summed E-state index contributed by atoms with van der Waals surface area (Å²) in [7, 11) is 0. The Labute approximate surface area is 341 Å². The molecule has 58 heavy (non-hydrogen) atoms. The van der Waals surface area contributed by atoms with Crippen LogP contribution in [0.25, 0.3) is 116 Å². The van der Waals surface area contributed by atoms with Gasteiger partial charge in [0.05, 0.1) is 19.3 Å². The molecule has 0 unspecified atom stereocenters. The molecule has 0 radical (unpaired) electrons. The van der Waals surface area contributed by atoms with Gasteiger partial charge in [0.2, 0.25) is 0 Å². The third-order valence-corrected chi connectivity index (χ3v) is 11.0. The van der Waals surface area contributed by atoms with Gasteiger partial charge in [0.25, 0.3) is 0 Å². The lowest BCUT2D eigenvalue weighted by molar-refractivity contribution is 0.670. The monoisotopic (exact) mass is 746 g/mol. The summed E-state index contributed by atoms with van der Waals surface area (Å²) >= 11 is 0. The summed E-state index contributed by atoms with van der Waals surface area (Å²) < 4.78 is 62.2. The summed E-state index contributed by atoms with van der Waals surface area (Å²) in [4.78, 5) is 14.8. The number of fused-ring (bicyclic) bond motifs is 9. The van der Waals surface area contributed by atoms with E-state index in [2.05, 4.69) is 42.5 Å². The largest absolute Gasteiger partial charge is 0.455 e. The third kappa shape index (κ3) is 5.14. The fourth-order valence-corrected chi connectivity index (χ4v) is 8.23. The lowest BCUT2D eigenvalue weighted by Crippen LogP contribution is -2.00. The first-order chi connectivity index (χ1) is 31.2. The highest BCUT2D eigenvalue weighted by Gasteiger charge is 2.20. The molecule has 0 spiro atoms.